The van der Waals surface area contributed by atoms with Gasteiger partial charge in [0.25, 0.3) is 0 Å². The second kappa shape index (κ2) is 6.78. The van der Waals surface area contributed by atoms with Crippen LogP contribution in [0.2, 0.25) is 5.02 Å². The van der Waals surface area contributed by atoms with Gasteiger partial charge in [-0.25, -0.2) is 4.39 Å². The molecule has 3 nitrogen and oxygen atoms in total. The quantitative estimate of drug-likeness (QED) is 0.915. The Hall–Kier alpha value is -1.78. The zero-order valence-electron chi connectivity index (χ0n) is 11.9. The van der Waals surface area contributed by atoms with Crippen LogP contribution in [0.5, 0.6) is 11.5 Å². The first-order valence-electron chi connectivity index (χ1n) is 6.46. The molecule has 0 spiro atoms. The van der Waals surface area contributed by atoms with Crippen LogP contribution in [0.4, 0.5) is 4.39 Å². The Labute approximate surface area is 128 Å². The number of rotatable bonds is 5. The minimum absolute atomic E-state index is 0.271. The molecule has 0 aromatic heterocycles. The van der Waals surface area contributed by atoms with E-state index in [1.54, 1.807) is 26.4 Å². The fraction of sp³-hybridized carbons (Fsp3) is 0.250. The summed E-state index contributed by atoms with van der Waals surface area (Å²) in [4.78, 5) is 0. The molecule has 0 aliphatic heterocycles. The number of hydrogen-bond acceptors (Lipinski definition) is 3. The van der Waals surface area contributed by atoms with E-state index in [0.29, 0.717) is 22.9 Å². The van der Waals surface area contributed by atoms with Crippen molar-refractivity contribution in [2.24, 2.45) is 5.73 Å². The lowest BCUT2D eigenvalue weighted by atomic mass is 9.99. The molecule has 0 aliphatic carbocycles. The second-order valence-corrected chi connectivity index (χ2v) is 5.07. The fourth-order valence-electron chi connectivity index (χ4n) is 2.13. The summed E-state index contributed by atoms with van der Waals surface area (Å²) in [5, 5.41) is 0.380. The first-order valence-corrected chi connectivity index (χ1v) is 6.84. The molecular weight excluding hydrogens is 293 g/mol. The van der Waals surface area contributed by atoms with E-state index in [1.807, 2.05) is 12.1 Å². The van der Waals surface area contributed by atoms with Gasteiger partial charge in [-0.1, -0.05) is 23.7 Å². The number of ether oxygens (including phenoxy) is 2. The highest BCUT2D eigenvalue weighted by Gasteiger charge is 2.13. The maximum atomic E-state index is 13.0. The zero-order valence-corrected chi connectivity index (χ0v) is 12.7. The summed E-state index contributed by atoms with van der Waals surface area (Å²) >= 11 is 6.03. The molecule has 0 bridgehead atoms. The number of hydrogen-bond donors (Lipinski definition) is 1. The Morgan fingerprint density at radius 3 is 2.43 bits per heavy atom. The molecular formula is C16H17ClFNO2. The predicted molar refractivity (Wildman–Crippen MR) is 81.6 cm³/mol. The molecule has 0 saturated heterocycles. The first-order chi connectivity index (χ1) is 10.0. The van der Waals surface area contributed by atoms with Crippen molar-refractivity contribution in [3.63, 3.8) is 0 Å². The van der Waals surface area contributed by atoms with Crippen LogP contribution in [0, 0.1) is 5.82 Å². The van der Waals surface area contributed by atoms with Gasteiger partial charge in [0, 0.05) is 11.1 Å². The molecule has 0 amide bonds. The monoisotopic (exact) mass is 309 g/mol. The number of halogens is 2. The average Bonchev–Trinajstić information content (AvgIpc) is 2.49. The summed E-state index contributed by atoms with van der Waals surface area (Å²) in [6.45, 7) is 0. The van der Waals surface area contributed by atoms with Crippen molar-refractivity contribution in [3.8, 4) is 11.5 Å². The van der Waals surface area contributed by atoms with Crippen molar-refractivity contribution >= 4 is 11.6 Å². The SMILES string of the molecule is COc1ccc(C(N)Cc2ccc(F)cc2Cl)cc1OC. The molecule has 1 atom stereocenters. The van der Waals surface area contributed by atoms with E-state index in [1.165, 1.54) is 12.1 Å². The smallest absolute Gasteiger partial charge is 0.161 e. The molecule has 21 heavy (non-hydrogen) atoms. The molecule has 0 heterocycles. The molecule has 112 valence electrons. The maximum absolute atomic E-state index is 13.0. The van der Waals surface area contributed by atoms with E-state index >= 15 is 0 Å². The van der Waals surface area contributed by atoms with Gasteiger partial charge in [-0.3, -0.25) is 0 Å². The normalized spacial score (nSPS) is 12.0. The highest BCUT2D eigenvalue weighted by molar-refractivity contribution is 6.31. The van der Waals surface area contributed by atoms with Crippen LogP contribution in [0.15, 0.2) is 36.4 Å². The van der Waals surface area contributed by atoms with Gasteiger partial charge in [-0.15, -0.1) is 0 Å². The third-order valence-corrected chi connectivity index (χ3v) is 3.64. The van der Waals surface area contributed by atoms with Crippen molar-refractivity contribution < 1.29 is 13.9 Å². The minimum atomic E-state index is -0.358. The van der Waals surface area contributed by atoms with Gasteiger partial charge in [-0.2, -0.15) is 0 Å². The average molecular weight is 310 g/mol. The van der Waals surface area contributed by atoms with Gasteiger partial charge < -0.3 is 15.2 Å². The molecule has 0 radical (unpaired) electrons. The summed E-state index contributed by atoms with van der Waals surface area (Å²) in [5.74, 6) is 0.910. The van der Waals surface area contributed by atoms with Crippen LogP contribution in [-0.2, 0) is 6.42 Å². The molecule has 0 fully saturated rings. The topological polar surface area (TPSA) is 44.5 Å². The van der Waals surface area contributed by atoms with E-state index in [-0.39, 0.29) is 11.9 Å². The summed E-state index contributed by atoms with van der Waals surface area (Å²) in [7, 11) is 3.15. The number of nitrogens with two attached hydrogens (primary N) is 1. The van der Waals surface area contributed by atoms with E-state index in [2.05, 4.69) is 0 Å². The maximum Gasteiger partial charge on any atom is 0.161 e. The van der Waals surface area contributed by atoms with Gasteiger partial charge in [-0.05, 0) is 41.8 Å². The number of methoxy groups -OCH3 is 2. The molecule has 5 heteroatoms. The summed E-state index contributed by atoms with van der Waals surface area (Å²) in [6.07, 6.45) is 0.509. The van der Waals surface area contributed by atoms with E-state index in [4.69, 9.17) is 26.8 Å². The lowest BCUT2D eigenvalue weighted by Crippen LogP contribution is -2.14. The predicted octanol–water partition coefficient (Wildman–Crippen LogP) is 3.74. The highest BCUT2D eigenvalue weighted by atomic mass is 35.5. The third kappa shape index (κ3) is 3.65. The molecule has 2 aromatic rings. The minimum Gasteiger partial charge on any atom is -0.493 e. The van der Waals surface area contributed by atoms with E-state index in [0.717, 1.165) is 11.1 Å². The van der Waals surface area contributed by atoms with Gasteiger partial charge in [0.2, 0.25) is 0 Å². The van der Waals surface area contributed by atoms with Crippen molar-refractivity contribution in [3.05, 3.63) is 58.4 Å². The molecule has 2 aromatic carbocycles. The number of benzene rings is 2. The van der Waals surface area contributed by atoms with Gasteiger partial charge >= 0.3 is 0 Å². The fourth-order valence-corrected chi connectivity index (χ4v) is 2.37. The lowest BCUT2D eigenvalue weighted by molar-refractivity contribution is 0.354. The van der Waals surface area contributed by atoms with Crippen LogP contribution < -0.4 is 15.2 Å². The molecule has 0 aliphatic rings. The molecule has 0 saturated carbocycles. The third-order valence-electron chi connectivity index (χ3n) is 3.29. The lowest BCUT2D eigenvalue weighted by Gasteiger charge is -2.16. The summed E-state index contributed by atoms with van der Waals surface area (Å²) in [5.41, 5.74) is 7.90. The molecule has 2 N–H and O–H groups in total. The van der Waals surface area contributed by atoms with Crippen LogP contribution in [0.3, 0.4) is 0 Å². The van der Waals surface area contributed by atoms with Crippen molar-refractivity contribution in [2.75, 3.05) is 14.2 Å². The standard InChI is InChI=1S/C16H17ClFNO2/c1-20-15-6-4-11(8-16(15)21-2)14(19)7-10-3-5-12(18)9-13(10)17/h3-6,8-9,14H,7,19H2,1-2H3. The van der Waals surface area contributed by atoms with E-state index < -0.39 is 0 Å². The van der Waals surface area contributed by atoms with Crippen LogP contribution >= 0.6 is 11.6 Å². The van der Waals surface area contributed by atoms with Crippen LogP contribution in [0.25, 0.3) is 0 Å². The van der Waals surface area contributed by atoms with Crippen LogP contribution in [0.1, 0.15) is 17.2 Å². The largest absolute Gasteiger partial charge is 0.493 e. The summed E-state index contributed by atoms with van der Waals surface area (Å²) in [6, 6.07) is 9.57. The first kappa shape index (κ1) is 15.6. The Balaban J connectivity index is 2.21. The van der Waals surface area contributed by atoms with Gasteiger partial charge in [0.05, 0.1) is 14.2 Å². The Kier molecular flexibility index (Phi) is 5.04. The highest BCUT2D eigenvalue weighted by Crippen LogP contribution is 2.31. The van der Waals surface area contributed by atoms with Crippen LogP contribution in [-0.4, -0.2) is 14.2 Å². The Bertz CT molecular complexity index is 634. The summed E-state index contributed by atoms with van der Waals surface area (Å²) < 4.78 is 23.5. The Morgan fingerprint density at radius 2 is 1.81 bits per heavy atom. The zero-order chi connectivity index (χ0) is 15.4. The van der Waals surface area contributed by atoms with Crippen molar-refractivity contribution in [2.45, 2.75) is 12.5 Å². The van der Waals surface area contributed by atoms with Gasteiger partial charge in [0.1, 0.15) is 5.82 Å². The van der Waals surface area contributed by atoms with E-state index in [9.17, 15) is 4.39 Å². The Morgan fingerprint density at radius 1 is 1.10 bits per heavy atom. The molecule has 1 unspecified atom stereocenters. The molecule has 2 rings (SSSR count). The van der Waals surface area contributed by atoms with Crippen molar-refractivity contribution in [1.82, 2.24) is 0 Å². The van der Waals surface area contributed by atoms with Gasteiger partial charge in [0.15, 0.2) is 11.5 Å². The van der Waals surface area contributed by atoms with Crippen molar-refractivity contribution in [1.29, 1.82) is 0 Å². The second-order valence-electron chi connectivity index (χ2n) is 4.66.